The smallest absolute Gasteiger partial charge is 0.309 e. The van der Waals surface area contributed by atoms with Gasteiger partial charge < -0.3 is 20.8 Å². The molecule has 0 aliphatic carbocycles. The van der Waals surface area contributed by atoms with Crippen molar-refractivity contribution >= 4 is 23.5 Å². The Balaban J connectivity index is 2.20. The van der Waals surface area contributed by atoms with Crippen LogP contribution in [0.5, 0.6) is 0 Å². The average Bonchev–Trinajstić information content (AvgIpc) is 2.46. The zero-order chi connectivity index (χ0) is 15.6. The largest absolute Gasteiger partial charge is 0.481 e. The highest BCUT2D eigenvalue weighted by molar-refractivity contribution is 5.97. The number of carbonyl (C=O) groups is 3. The molecule has 0 aromatic carbocycles. The highest BCUT2D eigenvalue weighted by Crippen LogP contribution is 2.26. The van der Waals surface area contributed by atoms with E-state index < -0.39 is 29.7 Å². The number of carboxylic acids is 2. The summed E-state index contributed by atoms with van der Waals surface area (Å²) in [4.78, 5) is 39.8. The maximum atomic E-state index is 12.3. The SMILES string of the molecule is Nc1cccnc1C(=O)N1CCC(C(=O)O)C(C(=O)O)C1. The fraction of sp³-hybridized carbons (Fsp3) is 0.385. The fourth-order valence-electron chi connectivity index (χ4n) is 2.43. The highest BCUT2D eigenvalue weighted by atomic mass is 16.4. The van der Waals surface area contributed by atoms with Crippen LogP contribution in [-0.2, 0) is 9.59 Å². The molecule has 2 heterocycles. The number of aliphatic carboxylic acids is 2. The van der Waals surface area contributed by atoms with Gasteiger partial charge in [0.05, 0.1) is 17.5 Å². The number of rotatable bonds is 3. The van der Waals surface area contributed by atoms with Gasteiger partial charge in [0.1, 0.15) is 0 Å². The molecular formula is C13H15N3O5. The third-order valence-electron chi connectivity index (χ3n) is 3.58. The summed E-state index contributed by atoms with van der Waals surface area (Å²) in [6.45, 7) is -0.00323. The molecule has 0 saturated carbocycles. The van der Waals surface area contributed by atoms with Crippen LogP contribution in [0.1, 0.15) is 16.9 Å². The number of nitrogens with zero attached hydrogens (tertiary/aromatic N) is 2. The molecule has 0 spiro atoms. The van der Waals surface area contributed by atoms with Crippen molar-refractivity contribution in [2.24, 2.45) is 11.8 Å². The molecule has 112 valence electrons. The Kier molecular flexibility index (Phi) is 4.06. The molecule has 1 saturated heterocycles. The summed E-state index contributed by atoms with van der Waals surface area (Å²) >= 11 is 0. The Morgan fingerprint density at radius 2 is 1.90 bits per heavy atom. The molecule has 0 radical (unpaired) electrons. The lowest BCUT2D eigenvalue weighted by Crippen LogP contribution is -2.48. The van der Waals surface area contributed by atoms with Crippen LogP contribution in [0.2, 0.25) is 0 Å². The number of piperidine rings is 1. The number of anilines is 1. The van der Waals surface area contributed by atoms with Crippen LogP contribution in [-0.4, -0.2) is 51.0 Å². The number of carbonyl (C=O) groups excluding carboxylic acids is 1. The molecule has 1 amide bonds. The van der Waals surface area contributed by atoms with Crippen LogP contribution in [0.25, 0.3) is 0 Å². The van der Waals surface area contributed by atoms with Crippen molar-refractivity contribution in [1.29, 1.82) is 0 Å². The molecule has 0 bridgehead atoms. The molecule has 1 aliphatic rings. The summed E-state index contributed by atoms with van der Waals surface area (Å²) in [5, 5.41) is 18.2. The van der Waals surface area contributed by atoms with Gasteiger partial charge in [-0.1, -0.05) is 0 Å². The van der Waals surface area contributed by atoms with Crippen molar-refractivity contribution in [3.8, 4) is 0 Å². The Morgan fingerprint density at radius 3 is 2.48 bits per heavy atom. The molecular weight excluding hydrogens is 278 g/mol. The van der Waals surface area contributed by atoms with E-state index in [1.807, 2.05) is 0 Å². The molecule has 8 nitrogen and oxygen atoms in total. The van der Waals surface area contributed by atoms with E-state index in [1.54, 1.807) is 6.07 Å². The van der Waals surface area contributed by atoms with Gasteiger partial charge in [0.2, 0.25) is 0 Å². The number of amides is 1. The lowest BCUT2D eigenvalue weighted by molar-refractivity contribution is -0.156. The number of aromatic nitrogens is 1. The molecule has 1 aromatic heterocycles. The Labute approximate surface area is 120 Å². The van der Waals surface area contributed by atoms with Crippen molar-refractivity contribution in [1.82, 2.24) is 9.88 Å². The second-order valence-corrected chi connectivity index (χ2v) is 4.87. The first kappa shape index (κ1) is 14.8. The summed E-state index contributed by atoms with van der Waals surface area (Å²) < 4.78 is 0. The average molecular weight is 293 g/mol. The predicted octanol–water partition coefficient (Wildman–Crippen LogP) is -0.0887. The third kappa shape index (κ3) is 2.93. The minimum absolute atomic E-state index is 0.0513. The van der Waals surface area contributed by atoms with E-state index in [1.165, 1.54) is 17.2 Å². The van der Waals surface area contributed by atoms with Gasteiger partial charge in [-0.2, -0.15) is 0 Å². The third-order valence-corrected chi connectivity index (χ3v) is 3.58. The predicted molar refractivity (Wildman–Crippen MR) is 71.4 cm³/mol. The first-order valence-corrected chi connectivity index (χ1v) is 6.37. The van der Waals surface area contributed by atoms with Crippen LogP contribution in [0.15, 0.2) is 18.3 Å². The number of carboxylic acid groups (broad SMARTS) is 2. The lowest BCUT2D eigenvalue weighted by atomic mass is 9.85. The van der Waals surface area contributed by atoms with Crippen molar-refractivity contribution in [2.45, 2.75) is 6.42 Å². The second kappa shape index (κ2) is 5.78. The second-order valence-electron chi connectivity index (χ2n) is 4.87. The minimum atomic E-state index is -1.23. The Hall–Kier alpha value is -2.64. The summed E-state index contributed by atoms with van der Waals surface area (Å²) in [5.74, 6) is -5.00. The van der Waals surface area contributed by atoms with E-state index in [4.69, 9.17) is 15.9 Å². The Morgan fingerprint density at radius 1 is 1.24 bits per heavy atom. The van der Waals surface area contributed by atoms with Crippen molar-refractivity contribution in [3.63, 3.8) is 0 Å². The molecule has 2 unspecified atom stereocenters. The summed E-state index contributed by atoms with van der Waals surface area (Å²) in [5.41, 5.74) is 5.93. The quantitative estimate of drug-likeness (QED) is 0.709. The van der Waals surface area contributed by atoms with E-state index in [0.29, 0.717) is 0 Å². The number of nitrogens with two attached hydrogens (primary N) is 1. The maximum absolute atomic E-state index is 12.3. The highest BCUT2D eigenvalue weighted by Gasteiger charge is 2.40. The van der Waals surface area contributed by atoms with Crippen LogP contribution in [0, 0.1) is 11.8 Å². The number of likely N-dealkylation sites (tertiary alicyclic amines) is 1. The first-order chi connectivity index (χ1) is 9.91. The molecule has 2 atom stereocenters. The number of pyridine rings is 1. The lowest BCUT2D eigenvalue weighted by Gasteiger charge is -2.34. The van der Waals surface area contributed by atoms with Gasteiger partial charge in [0, 0.05) is 19.3 Å². The molecule has 21 heavy (non-hydrogen) atoms. The standard InChI is InChI=1S/C13H15N3O5/c14-9-2-1-4-15-10(9)11(17)16-5-3-7(12(18)19)8(6-16)13(20)21/h1-2,4,7-8H,3,5-6,14H2,(H,18,19)(H,20,21). The van der Waals surface area contributed by atoms with Gasteiger partial charge in [-0.25, -0.2) is 4.98 Å². The number of hydrogen-bond donors (Lipinski definition) is 3. The topological polar surface area (TPSA) is 134 Å². The molecule has 1 aromatic rings. The minimum Gasteiger partial charge on any atom is -0.481 e. The van der Waals surface area contributed by atoms with Crippen LogP contribution in [0.4, 0.5) is 5.69 Å². The maximum Gasteiger partial charge on any atom is 0.309 e. The summed E-state index contributed by atoms with van der Waals surface area (Å²) in [6, 6.07) is 3.11. The molecule has 4 N–H and O–H groups in total. The van der Waals surface area contributed by atoms with Crippen molar-refractivity contribution < 1.29 is 24.6 Å². The van der Waals surface area contributed by atoms with Crippen LogP contribution < -0.4 is 5.73 Å². The van der Waals surface area contributed by atoms with Crippen molar-refractivity contribution in [2.75, 3.05) is 18.8 Å². The van der Waals surface area contributed by atoms with Gasteiger partial charge in [-0.15, -0.1) is 0 Å². The number of nitrogen functional groups attached to an aromatic ring is 1. The normalized spacial score (nSPS) is 21.8. The monoisotopic (exact) mass is 293 g/mol. The molecule has 1 fully saturated rings. The van der Waals surface area contributed by atoms with E-state index in [2.05, 4.69) is 4.98 Å². The summed E-state index contributed by atoms with van der Waals surface area (Å²) in [6.07, 6.45) is 1.51. The van der Waals surface area contributed by atoms with Gasteiger partial charge in [0.15, 0.2) is 5.69 Å². The fourth-order valence-corrected chi connectivity index (χ4v) is 2.43. The zero-order valence-corrected chi connectivity index (χ0v) is 11.1. The van der Waals surface area contributed by atoms with Crippen molar-refractivity contribution in [3.05, 3.63) is 24.0 Å². The number of hydrogen-bond acceptors (Lipinski definition) is 5. The van der Waals surface area contributed by atoms with E-state index in [-0.39, 0.29) is 30.9 Å². The van der Waals surface area contributed by atoms with Gasteiger partial charge >= 0.3 is 11.9 Å². The van der Waals surface area contributed by atoms with Gasteiger partial charge in [-0.3, -0.25) is 14.4 Å². The molecule has 1 aliphatic heterocycles. The molecule has 2 rings (SSSR count). The molecule has 8 heteroatoms. The van der Waals surface area contributed by atoms with Gasteiger partial charge in [0.25, 0.3) is 5.91 Å². The van der Waals surface area contributed by atoms with Crippen LogP contribution >= 0.6 is 0 Å². The zero-order valence-electron chi connectivity index (χ0n) is 11.1. The van der Waals surface area contributed by atoms with E-state index >= 15 is 0 Å². The Bertz CT molecular complexity index is 589. The van der Waals surface area contributed by atoms with Crippen LogP contribution in [0.3, 0.4) is 0 Å². The summed E-state index contributed by atoms with van der Waals surface area (Å²) in [7, 11) is 0. The van der Waals surface area contributed by atoms with E-state index in [0.717, 1.165) is 0 Å². The van der Waals surface area contributed by atoms with Gasteiger partial charge in [-0.05, 0) is 18.6 Å². The van der Waals surface area contributed by atoms with E-state index in [9.17, 15) is 14.4 Å². The first-order valence-electron chi connectivity index (χ1n) is 6.37.